The molecular weight excluding hydrogens is 440 g/mol. The van der Waals surface area contributed by atoms with Gasteiger partial charge >= 0.3 is 12.2 Å². The second-order valence-electron chi connectivity index (χ2n) is 7.59. The van der Waals surface area contributed by atoms with Gasteiger partial charge in [-0.3, -0.25) is 9.88 Å². The number of anilines is 2. The third-order valence-electron chi connectivity index (χ3n) is 5.30. The molecule has 7 nitrogen and oxygen atoms in total. The lowest BCUT2D eigenvalue weighted by atomic mass is 10.2. The highest BCUT2D eigenvalue weighted by Gasteiger charge is 2.35. The fourth-order valence-corrected chi connectivity index (χ4v) is 3.51. The van der Waals surface area contributed by atoms with Gasteiger partial charge in [-0.25, -0.2) is 19.2 Å². The Bertz CT molecular complexity index is 1120. The van der Waals surface area contributed by atoms with E-state index >= 15 is 0 Å². The molecule has 1 unspecified atom stereocenters. The van der Waals surface area contributed by atoms with E-state index in [0.29, 0.717) is 24.2 Å². The first kappa shape index (κ1) is 22.4. The summed E-state index contributed by atoms with van der Waals surface area (Å²) < 4.78 is 53.5. The Balaban J connectivity index is 1.50. The first-order chi connectivity index (χ1) is 15.7. The number of hydrogen-bond donors (Lipinski definition) is 1. The van der Waals surface area contributed by atoms with E-state index in [1.807, 2.05) is 0 Å². The van der Waals surface area contributed by atoms with Gasteiger partial charge in [0.05, 0.1) is 0 Å². The van der Waals surface area contributed by atoms with E-state index in [1.165, 1.54) is 53.7 Å². The van der Waals surface area contributed by atoms with Crippen molar-refractivity contribution in [2.45, 2.75) is 18.6 Å². The molecule has 3 heterocycles. The summed E-state index contributed by atoms with van der Waals surface area (Å²) in [6.07, 6.45) is -1.20. The Morgan fingerprint density at radius 3 is 2.48 bits per heavy atom. The van der Waals surface area contributed by atoms with Gasteiger partial charge in [0, 0.05) is 55.9 Å². The Labute approximate surface area is 187 Å². The molecule has 1 aromatic carbocycles. The van der Waals surface area contributed by atoms with E-state index in [-0.39, 0.29) is 24.2 Å². The van der Waals surface area contributed by atoms with Crippen LogP contribution < -0.4 is 15.1 Å². The minimum Gasteiger partial charge on any atom is -0.354 e. The molecule has 2 aromatic heterocycles. The zero-order chi connectivity index (χ0) is 23.6. The fourth-order valence-electron chi connectivity index (χ4n) is 3.51. The quantitative estimate of drug-likeness (QED) is 0.593. The highest BCUT2D eigenvalue weighted by molar-refractivity contribution is 5.91. The van der Waals surface area contributed by atoms with E-state index in [4.69, 9.17) is 0 Å². The number of nitrogens with one attached hydrogen (secondary N) is 1. The first-order valence-corrected chi connectivity index (χ1v) is 10.1. The van der Waals surface area contributed by atoms with Crippen LogP contribution in [0.5, 0.6) is 0 Å². The first-order valence-electron chi connectivity index (χ1n) is 10.1. The molecule has 1 fully saturated rings. The number of hydrogen-bond acceptors (Lipinski definition) is 5. The highest BCUT2D eigenvalue weighted by atomic mass is 19.4. The van der Waals surface area contributed by atoms with Crippen LogP contribution in [0.25, 0.3) is 11.4 Å². The van der Waals surface area contributed by atoms with Crippen molar-refractivity contribution < 1.29 is 22.4 Å². The van der Waals surface area contributed by atoms with Crippen LogP contribution in [0.15, 0.2) is 54.9 Å². The number of alkyl halides is 3. The van der Waals surface area contributed by atoms with Crippen molar-refractivity contribution in [3.63, 3.8) is 0 Å². The molecule has 0 spiro atoms. The summed E-state index contributed by atoms with van der Waals surface area (Å²) in [4.78, 5) is 27.5. The minimum absolute atomic E-state index is 0.0502. The van der Waals surface area contributed by atoms with Gasteiger partial charge in [0.1, 0.15) is 11.6 Å². The zero-order valence-electron chi connectivity index (χ0n) is 17.6. The summed E-state index contributed by atoms with van der Waals surface area (Å²) in [5.41, 5.74) is -0.110. The molecule has 4 rings (SSSR count). The molecule has 0 saturated carbocycles. The van der Waals surface area contributed by atoms with Crippen LogP contribution >= 0.6 is 0 Å². The summed E-state index contributed by atoms with van der Waals surface area (Å²) in [6, 6.07) is 8.77. The molecule has 1 aliphatic rings. The summed E-state index contributed by atoms with van der Waals surface area (Å²) in [5, 5.41) is 2.86. The van der Waals surface area contributed by atoms with Gasteiger partial charge in [0.25, 0.3) is 0 Å². The second kappa shape index (κ2) is 9.00. The molecule has 0 bridgehead atoms. The van der Waals surface area contributed by atoms with Crippen LogP contribution in [0.3, 0.4) is 0 Å². The predicted molar refractivity (Wildman–Crippen MR) is 114 cm³/mol. The Hall–Kier alpha value is -3.76. The van der Waals surface area contributed by atoms with Crippen LogP contribution in [-0.2, 0) is 6.18 Å². The summed E-state index contributed by atoms with van der Waals surface area (Å²) in [7, 11) is 1.55. The molecule has 0 radical (unpaired) electrons. The maximum atomic E-state index is 13.5. The maximum absolute atomic E-state index is 13.5. The SMILES string of the molecule is CN(C(=O)NC1CCN(c2cc(C(F)(F)F)nc(-c3ccncc3)n2)C1)c1ccc(F)cc1. The van der Waals surface area contributed by atoms with E-state index in [0.717, 1.165) is 6.07 Å². The molecule has 3 aromatic rings. The van der Waals surface area contributed by atoms with Crippen molar-refractivity contribution in [2.24, 2.45) is 0 Å². The number of halogens is 4. The monoisotopic (exact) mass is 460 g/mol. The Kier molecular flexibility index (Phi) is 6.12. The number of carbonyl (C=O) groups excluding carboxylic acids is 1. The van der Waals surface area contributed by atoms with Crippen molar-refractivity contribution in [3.8, 4) is 11.4 Å². The fraction of sp³-hybridized carbons (Fsp3) is 0.273. The number of aromatic nitrogens is 3. The maximum Gasteiger partial charge on any atom is 0.433 e. The normalized spacial score (nSPS) is 16.0. The molecule has 172 valence electrons. The third kappa shape index (κ3) is 5.18. The van der Waals surface area contributed by atoms with Crippen LogP contribution in [0.4, 0.5) is 33.9 Å². The average Bonchev–Trinajstić information content (AvgIpc) is 3.27. The Morgan fingerprint density at radius 2 is 1.82 bits per heavy atom. The molecule has 0 aliphatic carbocycles. The number of nitrogens with zero attached hydrogens (tertiary/aromatic N) is 5. The van der Waals surface area contributed by atoms with Gasteiger partial charge in [-0.1, -0.05) is 0 Å². The molecule has 11 heteroatoms. The van der Waals surface area contributed by atoms with Crippen LogP contribution in [0, 0.1) is 5.82 Å². The number of pyridine rings is 1. The molecule has 2 amide bonds. The number of carbonyl (C=O) groups is 1. The van der Waals surface area contributed by atoms with E-state index in [2.05, 4.69) is 20.3 Å². The van der Waals surface area contributed by atoms with Crippen molar-refractivity contribution in [3.05, 3.63) is 66.4 Å². The van der Waals surface area contributed by atoms with Gasteiger partial charge in [0.2, 0.25) is 0 Å². The van der Waals surface area contributed by atoms with Crippen molar-refractivity contribution >= 4 is 17.5 Å². The molecule has 1 atom stereocenters. The zero-order valence-corrected chi connectivity index (χ0v) is 17.6. The third-order valence-corrected chi connectivity index (χ3v) is 5.30. The summed E-state index contributed by atoms with van der Waals surface area (Å²) >= 11 is 0. The standard InChI is InChI=1S/C22H20F4N6O/c1-31(17-4-2-15(23)3-5-17)21(33)28-16-8-11-32(13-16)19-12-18(22(24,25)26)29-20(30-19)14-6-9-27-10-7-14/h2-7,9-10,12,16H,8,11,13H2,1H3,(H,28,33). The molecular formula is C22H20F4N6O. The van der Waals surface area contributed by atoms with Gasteiger partial charge < -0.3 is 10.2 Å². The number of benzene rings is 1. The largest absolute Gasteiger partial charge is 0.433 e. The lowest BCUT2D eigenvalue weighted by Gasteiger charge is -2.22. The minimum atomic E-state index is -4.63. The van der Waals surface area contributed by atoms with Gasteiger partial charge in [0.15, 0.2) is 11.5 Å². The van der Waals surface area contributed by atoms with E-state index < -0.39 is 23.7 Å². The van der Waals surface area contributed by atoms with Crippen LogP contribution in [0.1, 0.15) is 12.1 Å². The summed E-state index contributed by atoms with van der Waals surface area (Å²) in [5.74, 6) is -0.327. The number of rotatable bonds is 4. The van der Waals surface area contributed by atoms with Gasteiger partial charge in [-0.15, -0.1) is 0 Å². The summed E-state index contributed by atoms with van der Waals surface area (Å²) in [6.45, 7) is 0.697. The van der Waals surface area contributed by atoms with Gasteiger partial charge in [-0.2, -0.15) is 13.2 Å². The van der Waals surface area contributed by atoms with Crippen molar-refractivity contribution in [2.75, 3.05) is 29.9 Å². The topological polar surface area (TPSA) is 74.2 Å². The van der Waals surface area contributed by atoms with Gasteiger partial charge in [-0.05, 0) is 42.8 Å². The van der Waals surface area contributed by atoms with E-state index in [9.17, 15) is 22.4 Å². The molecule has 1 aliphatic heterocycles. The van der Waals surface area contributed by atoms with Crippen LogP contribution in [0.2, 0.25) is 0 Å². The number of urea groups is 1. The average molecular weight is 460 g/mol. The van der Waals surface area contributed by atoms with Crippen LogP contribution in [-0.4, -0.2) is 47.2 Å². The molecule has 1 saturated heterocycles. The smallest absolute Gasteiger partial charge is 0.354 e. The van der Waals surface area contributed by atoms with E-state index in [1.54, 1.807) is 11.9 Å². The predicted octanol–water partition coefficient (Wildman–Crippen LogP) is 4.12. The highest BCUT2D eigenvalue weighted by Crippen LogP contribution is 2.32. The second-order valence-corrected chi connectivity index (χ2v) is 7.59. The number of amides is 2. The Morgan fingerprint density at radius 1 is 1.12 bits per heavy atom. The lowest BCUT2D eigenvalue weighted by Crippen LogP contribution is -2.44. The van der Waals surface area contributed by atoms with Crippen molar-refractivity contribution in [1.29, 1.82) is 0 Å². The van der Waals surface area contributed by atoms with Crippen molar-refractivity contribution in [1.82, 2.24) is 20.3 Å². The molecule has 1 N–H and O–H groups in total. The molecule has 33 heavy (non-hydrogen) atoms. The lowest BCUT2D eigenvalue weighted by molar-refractivity contribution is -0.141.